The van der Waals surface area contributed by atoms with Crippen molar-refractivity contribution in [2.45, 2.75) is 45.1 Å². The van der Waals surface area contributed by atoms with Gasteiger partial charge in [-0.3, -0.25) is 4.79 Å². The maximum Gasteiger partial charge on any atom is 0.223 e. The van der Waals surface area contributed by atoms with Gasteiger partial charge in [-0.25, -0.2) is 0 Å². The molecule has 0 radical (unpaired) electrons. The number of carbonyl (C=O) groups excluding carboxylic acids is 1. The summed E-state index contributed by atoms with van der Waals surface area (Å²) in [4.78, 5) is 14.9. The van der Waals surface area contributed by atoms with Crippen molar-refractivity contribution in [1.82, 2.24) is 10.2 Å². The van der Waals surface area contributed by atoms with Gasteiger partial charge in [0.15, 0.2) is 0 Å². The third kappa shape index (κ3) is 3.89. The molecule has 1 heterocycles. The Morgan fingerprint density at radius 1 is 1.23 bits per heavy atom. The van der Waals surface area contributed by atoms with Gasteiger partial charge in [-0.2, -0.15) is 0 Å². The highest BCUT2D eigenvalue weighted by Crippen LogP contribution is 2.47. The second-order valence-corrected chi connectivity index (χ2v) is 7.34. The van der Waals surface area contributed by atoms with E-state index in [4.69, 9.17) is 0 Å². The summed E-state index contributed by atoms with van der Waals surface area (Å²) in [5, 5.41) is 3.29. The molecule has 0 spiro atoms. The second-order valence-electron chi connectivity index (χ2n) is 7.34. The highest BCUT2D eigenvalue weighted by atomic mass is 16.2. The molecule has 2 aliphatic rings. The van der Waals surface area contributed by atoms with E-state index in [-0.39, 0.29) is 11.8 Å². The summed E-state index contributed by atoms with van der Waals surface area (Å²) < 4.78 is 0. The standard InChI is InChI=1S/C19H28N2O/c1-14(2)13-21-10-8-16(9-11-21)20-19(22)18-12-17(18)15-6-4-3-5-7-15/h3-7,14,16-18H,8-13H2,1-2H3,(H,20,22). The van der Waals surface area contributed by atoms with Crippen molar-refractivity contribution in [3.8, 4) is 0 Å². The first-order valence-electron chi connectivity index (χ1n) is 8.71. The van der Waals surface area contributed by atoms with E-state index in [9.17, 15) is 4.79 Å². The smallest absolute Gasteiger partial charge is 0.223 e. The van der Waals surface area contributed by atoms with E-state index in [1.54, 1.807) is 0 Å². The van der Waals surface area contributed by atoms with Crippen molar-refractivity contribution in [3.63, 3.8) is 0 Å². The van der Waals surface area contributed by atoms with Crippen molar-refractivity contribution in [1.29, 1.82) is 0 Å². The van der Waals surface area contributed by atoms with Crippen molar-refractivity contribution in [3.05, 3.63) is 35.9 Å². The molecule has 1 saturated heterocycles. The maximum absolute atomic E-state index is 12.4. The summed E-state index contributed by atoms with van der Waals surface area (Å²) in [5.74, 6) is 1.65. The molecule has 2 atom stereocenters. The first-order valence-corrected chi connectivity index (χ1v) is 8.71. The zero-order chi connectivity index (χ0) is 15.5. The minimum Gasteiger partial charge on any atom is -0.353 e. The molecule has 1 N–H and O–H groups in total. The van der Waals surface area contributed by atoms with Gasteiger partial charge >= 0.3 is 0 Å². The van der Waals surface area contributed by atoms with E-state index in [1.165, 1.54) is 12.1 Å². The van der Waals surface area contributed by atoms with Crippen LogP contribution in [0.15, 0.2) is 30.3 Å². The van der Waals surface area contributed by atoms with Crippen LogP contribution in [-0.2, 0) is 4.79 Å². The number of benzene rings is 1. The number of carbonyl (C=O) groups is 1. The number of hydrogen-bond donors (Lipinski definition) is 1. The minimum atomic E-state index is 0.205. The molecule has 2 unspecified atom stereocenters. The van der Waals surface area contributed by atoms with Crippen LogP contribution in [0.25, 0.3) is 0 Å². The second kappa shape index (κ2) is 6.82. The third-order valence-electron chi connectivity index (χ3n) is 4.91. The van der Waals surface area contributed by atoms with Gasteiger partial charge < -0.3 is 10.2 Å². The zero-order valence-corrected chi connectivity index (χ0v) is 13.8. The predicted octanol–water partition coefficient (Wildman–Crippen LogP) is 3.03. The fourth-order valence-corrected chi connectivity index (χ4v) is 3.64. The predicted molar refractivity (Wildman–Crippen MR) is 89.7 cm³/mol. The molecule has 0 bridgehead atoms. The molecule has 1 saturated carbocycles. The lowest BCUT2D eigenvalue weighted by molar-refractivity contribution is -0.123. The first-order chi connectivity index (χ1) is 10.6. The van der Waals surface area contributed by atoms with Crippen LogP contribution in [0.2, 0.25) is 0 Å². The summed E-state index contributed by atoms with van der Waals surface area (Å²) in [6.45, 7) is 7.96. The number of nitrogens with zero attached hydrogens (tertiary/aromatic N) is 1. The van der Waals surface area contributed by atoms with Gasteiger partial charge in [-0.15, -0.1) is 0 Å². The fourth-order valence-electron chi connectivity index (χ4n) is 3.64. The monoisotopic (exact) mass is 300 g/mol. The lowest BCUT2D eigenvalue weighted by Gasteiger charge is -2.33. The summed E-state index contributed by atoms with van der Waals surface area (Å²) in [5.41, 5.74) is 1.31. The molecule has 0 aromatic heterocycles. The van der Waals surface area contributed by atoms with Crippen LogP contribution >= 0.6 is 0 Å². The minimum absolute atomic E-state index is 0.205. The van der Waals surface area contributed by atoms with Crippen LogP contribution in [-0.4, -0.2) is 36.5 Å². The van der Waals surface area contributed by atoms with E-state index >= 15 is 0 Å². The molecule has 1 aliphatic carbocycles. The average molecular weight is 300 g/mol. The maximum atomic E-state index is 12.4. The molecule has 1 aromatic rings. The number of amides is 1. The fraction of sp³-hybridized carbons (Fsp3) is 0.632. The summed E-state index contributed by atoms with van der Waals surface area (Å²) in [6.07, 6.45) is 3.21. The molecule has 120 valence electrons. The Bertz CT molecular complexity index is 491. The Morgan fingerprint density at radius 3 is 2.55 bits per heavy atom. The molecular weight excluding hydrogens is 272 g/mol. The largest absolute Gasteiger partial charge is 0.353 e. The summed E-state index contributed by atoms with van der Waals surface area (Å²) >= 11 is 0. The molecule has 3 rings (SSSR count). The molecule has 3 nitrogen and oxygen atoms in total. The van der Waals surface area contributed by atoms with Crippen molar-refractivity contribution in [2.24, 2.45) is 11.8 Å². The van der Waals surface area contributed by atoms with Crippen LogP contribution in [0.3, 0.4) is 0 Å². The van der Waals surface area contributed by atoms with Gasteiger partial charge in [0.2, 0.25) is 5.91 Å². The van der Waals surface area contributed by atoms with Gasteiger partial charge in [0.1, 0.15) is 0 Å². The van der Waals surface area contributed by atoms with E-state index in [0.717, 1.165) is 38.3 Å². The van der Waals surface area contributed by atoms with Crippen molar-refractivity contribution < 1.29 is 4.79 Å². The van der Waals surface area contributed by atoms with Crippen LogP contribution in [0, 0.1) is 11.8 Å². The SMILES string of the molecule is CC(C)CN1CCC(NC(=O)C2CC2c2ccccc2)CC1. The lowest BCUT2D eigenvalue weighted by Crippen LogP contribution is -2.46. The normalized spacial score (nSPS) is 26.1. The van der Waals surface area contributed by atoms with Gasteiger partial charge in [0.25, 0.3) is 0 Å². The third-order valence-corrected chi connectivity index (χ3v) is 4.91. The Kier molecular flexibility index (Phi) is 4.82. The molecule has 2 fully saturated rings. The molecular formula is C19H28N2O. The van der Waals surface area contributed by atoms with Crippen LogP contribution in [0.5, 0.6) is 0 Å². The van der Waals surface area contributed by atoms with E-state index in [0.29, 0.717) is 12.0 Å². The number of rotatable bonds is 5. The van der Waals surface area contributed by atoms with E-state index in [1.807, 2.05) is 6.07 Å². The van der Waals surface area contributed by atoms with E-state index in [2.05, 4.69) is 48.3 Å². The number of likely N-dealkylation sites (tertiary alicyclic amines) is 1. The number of piperidine rings is 1. The Labute approximate surface area is 134 Å². The summed E-state index contributed by atoms with van der Waals surface area (Å²) in [7, 11) is 0. The van der Waals surface area contributed by atoms with Gasteiger partial charge in [0.05, 0.1) is 0 Å². The van der Waals surface area contributed by atoms with Crippen molar-refractivity contribution >= 4 is 5.91 Å². The number of hydrogen-bond acceptors (Lipinski definition) is 2. The topological polar surface area (TPSA) is 32.3 Å². The molecule has 1 amide bonds. The molecule has 22 heavy (non-hydrogen) atoms. The van der Waals surface area contributed by atoms with Gasteiger partial charge in [-0.1, -0.05) is 44.2 Å². The average Bonchev–Trinajstić information content (AvgIpc) is 3.30. The molecule has 3 heteroatoms. The van der Waals surface area contributed by atoms with Gasteiger partial charge in [-0.05, 0) is 36.7 Å². The Morgan fingerprint density at radius 2 is 1.91 bits per heavy atom. The summed E-state index contributed by atoms with van der Waals surface area (Å²) in [6, 6.07) is 10.8. The Balaban J connectivity index is 1.42. The number of nitrogens with one attached hydrogen (secondary N) is 1. The first kappa shape index (κ1) is 15.5. The van der Waals surface area contributed by atoms with Crippen LogP contribution < -0.4 is 5.32 Å². The van der Waals surface area contributed by atoms with E-state index < -0.39 is 0 Å². The van der Waals surface area contributed by atoms with Gasteiger partial charge in [0, 0.05) is 31.6 Å². The lowest BCUT2D eigenvalue weighted by atomic mass is 10.0. The molecule has 1 aromatic carbocycles. The van der Waals surface area contributed by atoms with Crippen LogP contribution in [0.1, 0.15) is 44.6 Å². The molecule has 1 aliphatic heterocycles. The Hall–Kier alpha value is -1.35. The highest BCUT2D eigenvalue weighted by molar-refractivity contribution is 5.83. The van der Waals surface area contributed by atoms with Crippen LogP contribution in [0.4, 0.5) is 0 Å². The quantitative estimate of drug-likeness (QED) is 0.906. The zero-order valence-electron chi connectivity index (χ0n) is 13.8. The van der Waals surface area contributed by atoms with Crippen molar-refractivity contribution in [2.75, 3.05) is 19.6 Å². The highest BCUT2D eigenvalue weighted by Gasteiger charge is 2.44.